The molecule has 0 bridgehead atoms. The molecular formula is C11H14N4OS. The fourth-order valence-corrected chi connectivity index (χ4v) is 2.30. The van der Waals surface area contributed by atoms with Crippen molar-refractivity contribution >= 4 is 17.2 Å². The summed E-state index contributed by atoms with van der Waals surface area (Å²) >= 11 is 1.64. The highest BCUT2D eigenvalue weighted by Crippen LogP contribution is 2.11. The Morgan fingerprint density at radius 3 is 3.18 bits per heavy atom. The molecule has 2 aromatic heterocycles. The summed E-state index contributed by atoms with van der Waals surface area (Å²) in [5, 5.41) is 5.90. The molecule has 0 aliphatic rings. The zero-order valence-electron chi connectivity index (χ0n) is 9.56. The van der Waals surface area contributed by atoms with E-state index in [2.05, 4.69) is 27.2 Å². The molecule has 2 N–H and O–H groups in total. The monoisotopic (exact) mass is 250 g/mol. The van der Waals surface area contributed by atoms with Crippen LogP contribution in [0.15, 0.2) is 17.9 Å². The first kappa shape index (κ1) is 11.8. The standard InChI is InChI=1S/C11H14N4OS/c1-2-3-10-15-8(6-17-10)4-13-11(16)9-5-12-7-14-9/h5-7H,2-4H2,1H3,(H,12,14)(H,13,16). The van der Waals surface area contributed by atoms with Gasteiger partial charge in [-0.1, -0.05) is 6.92 Å². The lowest BCUT2D eigenvalue weighted by molar-refractivity contribution is 0.0946. The first-order chi connectivity index (χ1) is 8.29. The van der Waals surface area contributed by atoms with Crippen LogP contribution < -0.4 is 5.32 Å². The van der Waals surface area contributed by atoms with E-state index in [9.17, 15) is 4.79 Å². The quantitative estimate of drug-likeness (QED) is 0.849. The predicted molar refractivity (Wildman–Crippen MR) is 65.9 cm³/mol. The van der Waals surface area contributed by atoms with E-state index in [4.69, 9.17) is 0 Å². The molecule has 0 saturated carbocycles. The third kappa shape index (κ3) is 3.13. The minimum atomic E-state index is -0.160. The van der Waals surface area contributed by atoms with Crippen LogP contribution in [0.2, 0.25) is 0 Å². The number of carbonyl (C=O) groups excluding carboxylic acids is 1. The lowest BCUT2D eigenvalue weighted by Crippen LogP contribution is -2.23. The number of rotatable bonds is 5. The van der Waals surface area contributed by atoms with Gasteiger partial charge in [0.25, 0.3) is 5.91 Å². The van der Waals surface area contributed by atoms with Gasteiger partial charge in [0.15, 0.2) is 0 Å². The number of aromatic amines is 1. The van der Waals surface area contributed by atoms with Crippen molar-refractivity contribution in [1.82, 2.24) is 20.3 Å². The number of aromatic nitrogens is 3. The molecule has 17 heavy (non-hydrogen) atoms. The minimum absolute atomic E-state index is 0.160. The number of thiazole rings is 1. The Labute approximate surface area is 103 Å². The fraction of sp³-hybridized carbons (Fsp3) is 0.364. The van der Waals surface area contributed by atoms with Gasteiger partial charge in [-0.05, 0) is 12.8 Å². The number of H-pyrrole nitrogens is 1. The van der Waals surface area contributed by atoms with Crippen molar-refractivity contribution in [1.29, 1.82) is 0 Å². The molecule has 2 aromatic rings. The molecule has 0 spiro atoms. The summed E-state index contributed by atoms with van der Waals surface area (Å²) in [6.07, 6.45) is 5.07. The van der Waals surface area contributed by atoms with Gasteiger partial charge in [-0.2, -0.15) is 0 Å². The van der Waals surface area contributed by atoms with E-state index in [1.54, 1.807) is 11.3 Å². The zero-order chi connectivity index (χ0) is 12.1. The number of imidazole rings is 1. The summed E-state index contributed by atoms with van der Waals surface area (Å²) in [7, 11) is 0. The Kier molecular flexibility index (Phi) is 3.87. The topological polar surface area (TPSA) is 70.7 Å². The molecule has 5 nitrogen and oxygen atoms in total. The van der Waals surface area contributed by atoms with Gasteiger partial charge in [-0.15, -0.1) is 11.3 Å². The van der Waals surface area contributed by atoms with Crippen molar-refractivity contribution < 1.29 is 4.79 Å². The van der Waals surface area contributed by atoms with E-state index in [1.165, 1.54) is 12.5 Å². The van der Waals surface area contributed by atoms with Crippen LogP contribution >= 0.6 is 11.3 Å². The summed E-state index contributed by atoms with van der Waals surface area (Å²) in [5.74, 6) is -0.160. The van der Waals surface area contributed by atoms with Crippen LogP contribution in [0.5, 0.6) is 0 Å². The Bertz CT molecular complexity index is 477. The number of amides is 1. The lowest BCUT2D eigenvalue weighted by atomic mass is 10.3. The third-order valence-corrected chi connectivity index (χ3v) is 3.19. The summed E-state index contributed by atoms with van der Waals surface area (Å²) in [6, 6.07) is 0. The van der Waals surface area contributed by atoms with E-state index >= 15 is 0 Å². The van der Waals surface area contributed by atoms with Crippen molar-refractivity contribution in [3.8, 4) is 0 Å². The van der Waals surface area contributed by atoms with Crippen LogP contribution in [-0.4, -0.2) is 20.9 Å². The molecule has 0 saturated heterocycles. The van der Waals surface area contributed by atoms with Gasteiger partial charge in [0.1, 0.15) is 5.69 Å². The largest absolute Gasteiger partial charge is 0.345 e. The van der Waals surface area contributed by atoms with Gasteiger partial charge in [0, 0.05) is 5.38 Å². The molecule has 1 amide bonds. The molecule has 0 radical (unpaired) electrons. The molecule has 0 aromatic carbocycles. The second kappa shape index (κ2) is 5.58. The first-order valence-corrected chi connectivity index (χ1v) is 6.37. The van der Waals surface area contributed by atoms with Crippen LogP contribution in [0.25, 0.3) is 0 Å². The Morgan fingerprint density at radius 2 is 2.47 bits per heavy atom. The summed E-state index contributed by atoms with van der Waals surface area (Å²) in [6.45, 7) is 2.58. The second-order valence-electron chi connectivity index (χ2n) is 3.63. The number of aryl methyl sites for hydroxylation is 1. The molecule has 0 fully saturated rings. The highest BCUT2D eigenvalue weighted by Gasteiger charge is 2.07. The number of nitrogens with zero attached hydrogens (tertiary/aromatic N) is 2. The van der Waals surface area contributed by atoms with Crippen LogP contribution in [-0.2, 0) is 13.0 Å². The maximum absolute atomic E-state index is 11.6. The van der Waals surface area contributed by atoms with Crippen molar-refractivity contribution in [3.05, 3.63) is 34.3 Å². The van der Waals surface area contributed by atoms with Crippen molar-refractivity contribution in [2.45, 2.75) is 26.3 Å². The van der Waals surface area contributed by atoms with Gasteiger partial charge in [0.05, 0.1) is 29.8 Å². The van der Waals surface area contributed by atoms with E-state index in [-0.39, 0.29) is 5.91 Å². The highest BCUT2D eigenvalue weighted by atomic mass is 32.1. The lowest BCUT2D eigenvalue weighted by Gasteiger charge is -2.00. The van der Waals surface area contributed by atoms with Crippen molar-refractivity contribution in [3.63, 3.8) is 0 Å². The third-order valence-electron chi connectivity index (χ3n) is 2.24. The molecule has 0 atom stereocenters. The van der Waals surface area contributed by atoms with Gasteiger partial charge in [-0.3, -0.25) is 4.79 Å². The maximum Gasteiger partial charge on any atom is 0.269 e. The normalized spacial score (nSPS) is 10.4. The molecule has 2 rings (SSSR count). The molecule has 0 unspecified atom stereocenters. The number of carbonyl (C=O) groups is 1. The van der Waals surface area contributed by atoms with Crippen LogP contribution in [0, 0.1) is 0 Å². The predicted octanol–water partition coefficient (Wildman–Crippen LogP) is 1.75. The van der Waals surface area contributed by atoms with E-state index in [0.29, 0.717) is 12.2 Å². The van der Waals surface area contributed by atoms with E-state index in [0.717, 1.165) is 23.5 Å². The van der Waals surface area contributed by atoms with Gasteiger partial charge >= 0.3 is 0 Å². The fourth-order valence-electron chi connectivity index (χ4n) is 1.40. The molecule has 0 aliphatic heterocycles. The molecule has 2 heterocycles. The molecule has 0 aliphatic carbocycles. The van der Waals surface area contributed by atoms with Crippen LogP contribution in [0.1, 0.15) is 34.5 Å². The average Bonchev–Trinajstić information content (AvgIpc) is 2.97. The number of hydrogen-bond acceptors (Lipinski definition) is 4. The van der Waals surface area contributed by atoms with Crippen LogP contribution in [0.3, 0.4) is 0 Å². The summed E-state index contributed by atoms with van der Waals surface area (Å²) in [4.78, 5) is 22.6. The maximum atomic E-state index is 11.6. The number of nitrogens with one attached hydrogen (secondary N) is 2. The summed E-state index contributed by atoms with van der Waals surface area (Å²) in [5.41, 5.74) is 1.38. The number of hydrogen-bond donors (Lipinski definition) is 2. The SMILES string of the molecule is CCCc1nc(CNC(=O)c2cnc[nH]2)cs1. The molecule has 6 heteroatoms. The zero-order valence-corrected chi connectivity index (χ0v) is 10.4. The smallest absolute Gasteiger partial charge is 0.269 e. The highest BCUT2D eigenvalue weighted by molar-refractivity contribution is 7.09. The van der Waals surface area contributed by atoms with Crippen molar-refractivity contribution in [2.75, 3.05) is 0 Å². The minimum Gasteiger partial charge on any atom is -0.345 e. The van der Waals surface area contributed by atoms with Gasteiger partial charge in [-0.25, -0.2) is 9.97 Å². The summed E-state index contributed by atoms with van der Waals surface area (Å²) < 4.78 is 0. The average molecular weight is 250 g/mol. The van der Waals surface area contributed by atoms with Crippen LogP contribution in [0.4, 0.5) is 0 Å². The molecular weight excluding hydrogens is 236 g/mol. The first-order valence-electron chi connectivity index (χ1n) is 5.49. The second-order valence-corrected chi connectivity index (χ2v) is 4.57. The Balaban J connectivity index is 1.87. The Morgan fingerprint density at radius 1 is 1.59 bits per heavy atom. The Hall–Kier alpha value is -1.69. The van der Waals surface area contributed by atoms with Crippen molar-refractivity contribution in [2.24, 2.45) is 0 Å². The molecule has 90 valence electrons. The van der Waals surface area contributed by atoms with Gasteiger partial charge < -0.3 is 10.3 Å². The van der Waals surface area contributed by atoms with E-state index < -0.39 is 0 Å². The van der Waals surface area contributed by atoms with Gasteiger partial charge in [0.2, 0.25) is 0 Å². The van der Waals surface area contributed by atoms with E-state index in [1.807, 2.05) is 5.38 Å².